The third kappa shape index (κ3) is 7.44. The number of sulfonamides is 1. The van der Waals surface area contributed by atoms with Gasteiger partial charge in [-0.1, -0.05) is 89.3 Å². The van der Waals surface area contributed by atoms with Crippen LogP contribution in [0.5, 0.6) is 0 Å². The molecule has 0 aliphatic heterocycles. The minimum atomic E-state index is -4.16. The number of carbonyl (C=O) groups is 2. The van der Waals surface area contributed by atoms with E-state index < -0.39 is 28.5 Å². The Morgan fingerprint density at radius 1 is 0.950 bits per heavy atom. The molecule has 3 aromatic carbocycles. The first kappa shape index (κ1) is 30.1. The van der Waals surface area contributed by atoms with Crippen molar-refractivity contribution in [3.8, 4) is 0 Å². The fourth-order valence-electron chi connectivity index (χ4n) is 4.82. The Hall–Kier alpha value is -2.88. The molecule has 40 heavy (non-hydrogen) atoms. The van der Waals surface area contributed by atoms with Gasteiger partial charge in [0.15, 0.2) is 0 Å². The first-order valence-corrected chi connectivity index (χ1v) is 15.9. The standard InChI is InChI=1S/C30H33BrClN3O4S/c1-22(30(37)33-25-10-4-2-5-11-25)34(20-23-16-18-24(31)19-17-23)29(36)21-35(28-15-9-8-14-27(28)32)40(38,39)26-12-6-3-7-13-26/h3,6-9,12-19,22,25H,2,4-5,10-11,20-21H2,1H3,(H,33,37)/t22-/m1/s1. The second kappa shape index (κ2) is 13.7. The molecule has 1 N–H and O–H groups in total. The van der Waals surface area contributed by atoms with Gasteiger partial charge in [0.05, 0.1) is 15.6 Å². The zero-order valence-electron chi connectivity index (χ0n) is 22.3. The van der Waals surface area contributed by atoms with Crippen molar-refractivity contribution in [1.82, 2.24) is 10.2 Å². The summed E-state index contributed by atoms with van der Waals surface area (Å²) in [6.45, 7) is 1.28. The summed E-state index contributed by atoms with van der Waals surface area (Å²) in [4.78, 5) is 28.8. The number of carbonyl (C=O) groups excluding carboxylic acids is 2. The van der Waals surface area contributed by atoms with Gasteiger partial charge >= 0.3 is 0 Å². The summed E-state index contributed by atoms with van der Waals surface area (Å²) < 4.78 is 29.5. The third-order valence-electron chi connectivity index (χ3n) is 7.12. The lowest BCUT2D eigenvalue weighted by atomic mass is 9.95. The van der Waals surface area contributed by atoms with Gasteiger partial charge in [0.25, 0.3) is 10.0 Å². The fraction of sp³-hybridized carbons (Fsp3) is 0.333. The SMILES string of the molecule is C[C@H](C(=O)NC1CCCCC1)N(Cc1ccc(Br)cc1)C(=O)CN(c1ccccc1Cl)S(=O)(=O)c1ccccc1. The van der Waals surface area contributed by atoms with Gasteiger partial charge in [0, 0.05) is 17.1 Å². The lowest BCUT2D eigenvalue weighted by Crippen LogP contribution is -2.53. The first-order chi connectivity index (χ1) is 19.2. The zero-order chi connectivity index (χ0) is 28.7. The lowest BCUT2D eigenvalue weighted by Gasteiger charge is -2.33. The van der Waals surface area contributed by atoms with E-state index in [1.165, 1.54) is 17.0 Å². The number of amides is 2. The van der Waals surface area contributed by atoms with Crippen molar-refractivity contribution >= 4 is 55.1 Å². The Labute approximate surface area is 249 Å². The van der Waals surface area contributed by atoms with Crippen LogP contribution in [0.4, 0.5) is 5.69 Å². The number of para-hydroxylation sites is 1. The molecule has 0 heterocycles. The Morgan fingerprint density at radius 3 is 2.23 bits per heavy atom. The van der Waals surface area contributed by atoms with Crippen LogP contribution >= 0.6 is 27.5 Å². The zero-order valence-corrected chi connectivity index (χ0v) is 25.5. The van der Waals surface area contributed by atoms with Gasteiger partial charge in [-0.15, -0.1) is 0 Å². The van der Waals surface area contributed by atoms with Crippen molar-refractivity contribution in [2.45, 2.75) is 62.6 Å². The molecule has 0 aromatic heterocycles. The molecule has 1 aliphatic carbocycles. The Balaban J connectivity index is 1.67. The van der Waals surface area contributed by atoms with Gasteiger partial charge in [-0.25, -0.2) is 8.42 Å². The molecule has 4 rings (SSSR count). The third-order valence-corrected chi connectivity index (χ3v) is 9.74. The van der Waals surface area contributed by atoms with E-state index in [-0.39, 0.29) is 34.1 Å². The van der Waals surface area contributed by atoms with E-state index in [1.54, 1.807) is 49.4 Å². The van der Waals surface area contributed by atoms with Gasteiger partial charge in [-0.2, -0.15) is 0 Å². The van der Waals surface area contributed by atoms with Crippen LogP contribution in [0.15, 0.2) is 88.2 Å². The molecular formula is C30H33BrClN3O4S. The Bertz CT molecular complexity index is 1410. The van der Waals surface area contributed by atoms with E-state index in [1.807, 2.05) is 24.3 Å². The number of benzene rings is 3. The van der Waals surface area contributed by atoms with E-state index in [0.29, 0.717) is 0 Å². The number of hydrogen-bond acceptors (Lipinski definition) is 4. The highest BCUT2D eigenvalue weighted by Crippen LogP contribution is 2.31. The summed E-state index contributed by atoms with van der Waals surface area (Å²) in [5.41, 5.74) is 0.994. The van der Waals surface area contributed by atoms with E-state index in [0.717, 1.165) is 46.4 Å². The van der Waals surface area contributed by atoms with Crippen molar-refractivity contribution in [2.75, 3.05) is 10.8 Å². The highest BCUT2D eigenvalue weighted by atomic mass is 79.9. The van der Waals surface area contributed by atoms with Crippen molar-refractivity contribution in [3.63, 3.8) is 0 Å². The monoisotopic (exact) mass is 645 g/mol. The molecule has 3 aromatic rings. The second-order valence-electron chi connectivity index (χ2n) is 9.94. The Kier molecular flexibility index (Phi) is 10.3. The molecule has 212 valence electrons. The van der Waals surface area contributed by atoms with Crippen LogP contribution in [-0.2, 0) is 26.2 Å². The number of anilines is 1. The Morgan fingerprint density at radius 2 is 1.57 bits per heavy atom. The molecule has 0 bridgehead atoms. The number of halogens is 2. The van der Waals surface area contributed by atoms with Crippen molar-refractivity contribution in [2.24, 2.45) is 0 Å². The first-order valence-electron chi connectivity index (χ1n) is 13.3. The summed E-state index contributed by atoms with van der Waals surface area (Å²) in [6, 6.07) is 21.1. The van der Waals surface area contributed by atoms with Crippen LogP contribution in [0.2, 0.25) is 5.02 Å². The molecule has 1 fully saturated rings. The molecular weight excluding hydrogens is 614 g/mol. The van der Waals surface area contributed by atoms with Gasteiger partial charge < -0.3 is 10.2 Å². The summed E-state index contributed by atoms with van der Waals surface area (Å²) in [5, 5.41) is 3.30. The molecule has 1 aliphatic rings. The molecule has 10 heteroatoms. The topological polar surface area (TPSA) is 86.8 Å². The second-order valence-corrected chi connectivity index (χ2v) is 13.1. The molecule has 0 radical (unpaired) electrons. The smallest absolute Gasteiger partial charge is 0.264 e. The summed E-state index contributed by atoms with van der Waals surface area (Å²) in [6.07, 6.45) is 5.10. The van der Waals surface area contributed by atoms with Crippen molar-refractivity contribution in [1.29, 1.82) is 0 Å². The minimum Gasteiger partial charge on any atom is -0.352 e. The van der Waals surface area contributed by atoms with E-state index in [4.69, 9.17) is 11.6 Å². The van der Waals surface area contributed by atoms with Crippen LogP contribution in [0.3, 0.4) is 0 Å². The number of nitrogens with zero attached hydrogens (tertiary/aromatic N) is 2. The van der Waals surface area contributed by atoms with E-state index in [9.17, 15) is 18.0 Å². The van der Waals surface area contributed by atoms with Crippen LogP contribution in [-0.4, -0.2) is 43.8 Å². The molecule has 1 atom stereocenters. The number of nitrogens with one attached hydrogen (secondary N) is 1. The van der Waals surface area contributed by atoms with Crippen LogP contribution < -0.4 is 9.62 Å². The average molecular weight is 647 g/mol. The normalized spacial score (nSPS) is 14.8. The van der Waals surface area contributed by atoms with Crippen molar-refractivity contribution < 1.29 is 18.0 Å². The van der Waals surface area contributed by atoms with Gasteiger partial charge in [-0.3, -0.25) is 13.9 Å². The summed E-state index contributed by atoms with van der Waals surface area (Å²) in [5.74, 6) is -0.777. The predicted octanol–water partition coefficient (Wildman–Crippen LogP) is 6.16. The molecule has 7 nitrogen and oxygen atoms in total. The summed E-state index contributed by atoms with van der Waals surface area (Å²) >= 11 is 9.87. The quantitative estimate of drug-likeness (QED) is 0.286. The highest BCUT2D eigenvalue weighted by Gasteiger charge is 2.33. The molecule has 0 saturated heterocycles. The largest absolute Gasteiger partial charge is 0.352 e. The maximum Gasteiger partial charge on any atom is 0.264 e. The predicted molar refractivity (Wildman–Crippen MR) is 162 cm³/mol. The molecule has 0 unspecified atom stereocenters. The minimum absolute atomic E-state index is 0.0327. The fourth-order valence-corrected chi connectivity index (χ4v) is 6.83. The number of rotatable bonds is 10. The highest BCUT2D eigenvalue weighted by molar-refractivity contribution is 9.10. The lowest BCUT2D eigenvalue weighted by molar-refractivity contribution is -0.139. The average Bonchev–Trinajstić information content (AvgIpc) is 2.96. The van der Waals surface area contributed by atoms with E-state index >= 15 is 0 Å². The maximum absolute atomic E-state index is 14.0. The molecule has 0 spiro atoms. The van der Waals surface area contributed by atoms with Gasteiger partial charge in [0.2, 0.25) is 11.8 Å². The van der Waals surface area contributed by atoms with Crippen LogP contribution in [0.25, 0.3) is 0 Å². The van der Waals surface area contributed by atoms with Gasteiger partial charge in [0.1, 0.15) is 12.6 Å². The van der Waals surface area contributed by atoms with Crippen molar-refractivity contribution in [3.05, 3.63) is 93.9 Å². The molecule has 2 amide bonds. The molecule has 1 saturated carbocycles. The van der Waals surface area contributed by atoms with Gasteiger partial charge in [-0.05, 0) is 61.7 Å². The van der Waals surface area contributed by atoms with E-state index in [2.05, 4.69) is 21.2 Å². The maximum atomic E-state index is 14.0. The summed E-state index contributed by atoms with van der Waals surface area (Å²) in [7, 11) is -4.16. The van der Waals surface area contributed by atoms with Crippen LogP contribution in [0.1, 0.15) is 44.6 Å². The van der Waals surface area contributed by atoms with Crippen LogP contribution in [0, 0.1) is 0 Å². The number of hydrogen-bond donors (Lipinski definition) is 1.